The van der Waals surface area contributed by atoms with E-state index in [-0.39, 0.29) is 32.7 Å². The van der Waals surface area contributed by atoms with Crippen LogP contribution in [-0.4, -0.2) is 43.4 Å². The molecule has 1 atom stereocenters. The van der Waals surface area contributed by atoms with Crippen LogP contribution in [-0.2, 0) is 4.79 Å². The van der Waals surface area contributed by atoms with Crippen molar-refractivity contribution in [2.75, 3.05) is 26.2 Å². The van der Waals surface area contributed by atoms with E-state index in [1.807, 2.05) is 0 Å². The van der Waals surface area contributed by atoms with Crippen LogP contribution in [0.25, 0.3) is 0 Å². The lowest BCUT2D eigenvalue weighted by atomic mass is 9.84. The molecule has 1 heterocycles. The molecule has 3 N–H and O–H groups in total. The number of aliphatic hydroxyl groups excluding tert-OH is 1. The fraction of sp³-hybridized carbons (Fsp3) is 0.917. The van der Waals surface area contributed by atoms with E-state index in [0.717, 1.165) is 0 Å². The molecule has 0 saturated carbocycles. The van der Waals surface area contributed by atoms with Crippen molar-refractivity contribution in [2.45, 2.75) is 32.9 Å². The van der Waals surface area contributed by atoms with Crippen LogP contribution in [0.4, 0.5) is 13.2 Å². The second kappa shape index (κ2) is 5.66. The summed E-state index contributed by atoms with van der Waals surface area (Å²) in [7, 11) is 0. The molecule has 0 bridgehead atoms. The average Bonchev–Trinajstić information content (AvgIpc) is 2.75. The van der Waals surface area contributed by atoms with Crippen LogP contribution < -0.4 is 10.6 Å². The Kier molecular flexibility index (Phi) is 4.84. The van der Waals surface area contributed by atoms with Crippen LogP contribution in [0.2, 0.25) is 0 Å². The second-order valence-corrected chi connectivity index (χ2v) is 5.83. The van der Waals surface area contributed by atoms with Crippen molar-refractivity contribution in [3.63, 3.8) is 0 Å². The van der Waals surface area contributed by atoms with Crippen LogP contribution in [0.5, 0.6) is 0 Å². The number of carbonyl (C=O) groups excluding carboxylic acids is 1. The summed E-state index contributed by atoms with van der Waals surface area (Å²) >= 11 is 0. The summed E-state index contributed by atoms with van der Waals surface area (Å²) in [5.74, 6) is -0.976. The highest BCUT2D eigenvalue weighted by Crippen LogP contribution is 2.43. The lowest BCUT2D eigenvalue weighted by Crippen LogP contribution is -2.53. The van der Waals surface area contributed by atoms with Crippen molar-refractivity contribution in [2.24, 2.45) is 10.8 Å². The Labute approximate surface area is 110 Å². The van der Waals surface area contributed by atoms with E-state index in [1.54, 1.807) is 13.8 Å². The molecule has 0 aromatic rings. The van der Waals surface area contributed by atoms with Gasteiger partial charge in [0, 0.05) is 19.7 Å². The van der Waals surface area contributed by atoms with Crippen molar-refractivity contribution in [1.82, 2.24) is 10.6 Å². The Balaban J connectivity index is 2.70. The molecule has 7 heteroatoms. The largest absolute Gasteiger partial charge is 0.404 e. The number of amides is 1. The number of rotatable bonds is 5. The molecule has 1 saturated heterocycles. The van der Waals surface area contributed by atoms with E-state index in [9.17, 15) is 18.0 Å². The van der Waals surface area contributed by atoms with Crippen LogP contribution in [0.15, 0.2) is 0 Å². The fourth-order valence-electron chi connectivity index (χ4n) is 2.14. The predicted octanol–water partition coefficient (Wildman–Crippen LogP) is 1.05. The Morgan fingerprint density at radius 3 is 2.47 bits per heavy atom. The lowest BCUT2D eigenvalue weighted by molar-refractivity contribution is -0.216. The van der Waals surface area contributed by atoms with E-state index >= 15 is 0 Å². The summed E-state index contributed by atoms with van der Waals surface area (Å²) in [6.45, 7) is 3.45. The smallest absolute Gasteiger partial charge is 0.396 e. The van der Waals surface area contributed by atoms with Gasteiger partial charge in [-0.1, -0.05) is 13.8 Å². The fourth-order valence-corrected chi connectivity index (χ4v) is 2.14. The molecule has 0 aliphatic carbocycles. The van der Waals surface area contributed by atoms with Crippen molar-refractivity contribution in [3.05, 3.63) is 0 Å². The van der Waals surface area contributed by atoms with Gasteiger partial charge in [-0.05, 0) is 24.8 Å². The molecule has 0 aromatic heterocycles. The first-order valence-electron chi connectivity index (χ1n) is 6.31. The van der Waals surface area contributed by atoms with Gasteiger partial charge in [-0.3, -0.25) is 4.79 Å². The summed E-state index contributed by atoms with van der Waals surface area (Å²) in [6, 6.07) is 0. The van der Waals surface area contributed by atoms with E-state index in [1.165, 1.54) is 0 Å². The molecule has 1 unspecified atom stereocenters. The Morgan fingerprint density at radius 1 is 1.42 bits per heavy atom. The molecule has 112 valence electrons. The van der Waals surface area contributed by atoms with E-state index in [4.69, 9.17) is 5.11 Å². The van der Waals surface area contributed by atoms with Gasteiger partial charge < -0.3 is 15.7 Å². The first-order chi connectivity index (χ1) is 8.65. The summed E-state index contributed by atoms with van der Waals surface area (Å²) in [5.41, 5.74) is -2.74. The monoisotopic (exact) mass is 282 g/mol. The Hall–Kier alpha value is -0.820. The first kappa shape index (κ1) is 16.2. The molecular weight excluding hydrogens is 261 g/mol. The number of alkyl halides is 3. The number of halogens is 3. The third-order valence-corrected chi connectivity index (χ3v) is 3.65. The van der Waals surface area contributed by atoms with Crippen molar-refractivity contribution in [1.29, 1.82) is 0 Å². The quantitative estimate of drug-likeness (QED) is 0.706. The maximum Gasteiger partial charge on any atom is 0.404 e. The van der Waals surface area contributed by atoms with Gasteiger partial charge in [0.15, 0.2) is 5.41 Å². The predicted molar refractivity (Wildman–Crippen MR) is 64.5 cm³/mol. The molecule has 1 fully saturated rings. The van der Waals surface area contributed by atoms with Crippen LogP contribution in [0.3, 0.4) is 0 Å². The highest BCUT2D eigenvalue weighted by Gasteiger charge is 2.61. The van der Waals surface area contributed by atoms with E-state index in [2.05, 4.69) is 10.6 Å². The van der Waals surface area contributed by atoms with Gasteiger partial charge in [-0.2, -0.15) is 13.2 Å². The minimum absolute atomic E-state index is 0.0607. The lowest BCUT2D eigenvalue weighted by Gasteiger charge is -2.31. The van der Waals surface area contributed by atoms with Gasteiger partial charge in [0.1, 0.15) is 0 Å². The van der Waals surface area contributed by atoms with Gasteiger partial charge in [-0.15, -0.1) is 0 Å². The molecule has 1 aliphatic heterocycles. The first-order valence-corrected chi connectivity index (χ1v) is 6.31. The van der Waals surface area contributed by atoms with Crippen molar-refractivity contribution >= 4 is 5.91 Å². The highest BCUT2D eigenvalue weighted by atomic mass is 19.4. The average molecular weight is 282 g/mol. The highest BCUT2D eigenvalue weighted by molar-refractivity contribution is 5.84. The number of aliphatic hydroxyl groups is 1. The van der Waals surface area contributed by atoms with Crippen LogP contribution in [0.1, 0.15) is 26.7 Å². The molecular formula is C12H21F3N2O2. The minimum Gasteiger partial charge on any atom is -0.396 e. The number of hydrogen-bond donors (Lipinski definition) is 3. The van der Waals surface area contributed by atoms with Gasteiger partial charge >= 0.3 is 6.18 Å². The molecule has 19 heavy (non-hydrogen) atoms. The number of nitrogens with one attached hydrogen (secondary N) is 2. The van der Waals surface area contributed by atoms with Gasteiger partial charge in [0.05, 0.1) is 0 Å². The molecule has 1 aliphatic rings. The van der Waals surface area contributed by atoms with E-state index < -0.39 is 22.9 Å². The SMILES string of the molecule is CC(C)(CCO)CNC(=O)C1(C(F)(F)F)CCNC1. The van der Waals surface area contributed by atoms with Crippen molar-refractivity contribution in [3.8, 4) is 0 Å². The topological polar surface area (TPSA) is 61.4 Å². The Morgan fingerprint density at radius 2 is 2.05 bits per heavy atom. The van der Waals surface area contributed by atoms with Crippen LogP contribution >= 0.6 is 0 Å². The second-order valence-electron chi connectivity index (χ2n) is 5.83. The summed E-state index contributed by atoms with van der Waals surface area (Å²) in [5, 5.41) is 13.8. The third-order valence-electron chi connectivity index (χ3n) is 3.65. The van der Waals surface area contributed by atoms with Gasteiger partial charge in [0.2, 0.25) is 5.91 Å². The molecule has 4 nitrogen and oxygen atoms in total. The molecule has 1 amide bonds. The number of hydrogen-bond acceptors (Lipinski definition) is 3. The molecule has 0 aromatic carbocycles. The zero-order valence-electron chi connectivity index (χ0n) is 11.2. The maximum absolute atomic E-state index is 13.1. The zero-order chi connectivity index (χ0) is 14.7. The van der Waals surface area contributed by atoms with Gasteiger partial charge in [0.25, 0.3) is 0 Å². The Bertz CT molecular complexity index is 323. The molecule has 1 rings (SSSR count). The van der Waals surface area contributed by atoms with Gasteiger partial charge in [-0.25, -0.2) is 0 Å². The third kappa shape index (κ3) is 3.60. The standard InChI is InChI=1S/C12H21F3N2O2/c1-10(2,4-6-18)7-17-9(19)11(12(13,14)15)3-5-16-8-11/h16,18H,3-8H2,1-2H3,(H,17,19). The van der Waals surface area contributed by atoms with Crippen molar-refractivity contribution < 1.29 is 23.1 Å². The minimum atomic E-state index is -4.55. The molecule has 0 radical (unpaired) electrons. The maximum atomic E-state index is 13.1. The summed E-state index contributed by atoms with van der Waals surface area (Å²) < 4.78 is 39.3. The zero-order valence-corrected chi connectivity index (χ0v) is 11.2. The molecule has 0 spiro atoms. The summed E-state index contributed by atoms with van der Waals surface area (Å²) in [4.78, 5) is 11.9. The number of carbonyl (C=O) groups is 1. The van der Waals surface area contributed by atoms with Crippen LogP contribution in [0, 0.1) is 10.8 Å². The normalized spacial score (nSPS) is 24.5. The summed E-state index contributed by atoms with van der Waals surface area (Å²) in [6.07, 6.45) is -4.37. The van der Waals surface area contributed by atoms with E-state index in [0.29, 0.717) is 6.42 Å².